The molecule has 0 aliphatic heterocycles. The fourth-order valence-electron chi connectivity index (χ4n) is 3.14. The normalized spacial score (nSPS) is 10.9. The maximum Gasteiger partial charge on any atom is 0.271 e. The third-order valence-electron chi connectivity index (χ3n) is 4.70. The van der Waals surface area contributed by atoms with Crippen LogP contribution in [0.1, 0.15) is 21.3 Å². The van der Waals surface area contributed by atoms with E-state index < -0.39 is 0 Å². The first-order valence-electron chi connectivity index (χ1n) is 10.1. The molecule has 164 valence electrons. The molecule has 0 unspecified atom stereocenters. The minimum absolute atomic E-state index is 0.230. The lowest BCUT2D eigenvalue weighted by atomic mass is 10.2. The van der Waals surface area contributed by atoms with Crippen LogP contribution in [0.15, 0.2) is 88.2 Å². The van der Waals surface area contributed by atoms with E-state index in [0.29, 0.717) is 23.8 Å². The molecule has 8 nitrogen and oxygen atoms in total. The van der Waals surface area contributed by atoms with Gasteiger partial charge >= 0.3 is 0 Å². The first kappa shape index (κ1) is 21.1. The van der Waals surface area contributed by atoms with Gasteiger partial charge in [-0.05, 0) is 36.4 Å². The molecule has 1 amide bonds. The van der Waals surface area contributed by atoms with E-state index in [-0.39, 0.29) is 5.91 Å². The number of para-hydroxylation sites is 1. The molecule has 0 saturated heterocycles. The smallest absolute Gasteiger partial charge is 0.271 e. The van der Waals surface area contributed by atoms with Gasteiger partial charge in [0.1, 0.15) is 16.5 Å². The fourth-order valence-corrected chi connectivity index (χ4v) is 4.88. The first-order chi connectivity index (χ1) is 16.3. The minimum atomic E-state index is -0.230. The zero-order chi connectivity index (χ0) is 22.5. The van der Waals surface area contributed by atoms with E-state index in [4.69, 9.17) is 4.42 Å². The number of hydrogen-bond acceptors (Lipinski definition) is 8. The molecule has 33 heavy (non-hydrogen) atoms. The molecule has 1 aromatic carbocycles. The lowest BCUT2D eigenvalue weighted by Crippen LogP contribution is -2.22. The number of pyridine rings is 1. The lowest BCUT2D eigenvalue weighted by Gasteiger charge is -2.09. The average Bonchev–Trinajstić information content (AvgIpc) is 3.63. The predicted molar refractivity (Wildman–Crippen MR) is 126 cm³/mol. The van der Waals surface area contributed by atoms with Crippen LogP contribution >= 0.6 is 23.1 Å². The Morgan fingerprint density at radius 3 is 2.70 bits per heavy atom. The monoisotopic (exact) mass is 474 g/mol. The second kappa shape index (κ2) is 9.80. The van der Waals surface area contributed by atoms with Crippen molar-refractivity contribution in [1.29, 1.82) is 0 Å². The average molecular weight is 475 g/mol. The Kier molecular flexibility index (Phi) is 6.27. The Morgan fingerprint density at radius 1 is 1.06 bits per heavy atom. The number of hydrogen-bond donors (Lipinski definition) is 1. The van der Waals surface area contributed by atoms with Gasteiger partial charge in [0, 0.05) is 29.0 Å². The number of aromatic nitrogens is 5. The Balaban J connectivity index is 1.32. The van der Waals surface area contributed by atoms with Crippen molar-refractivity contribution in [3.05, 3.63) is 95.1 Å². The van der Waals surface area contributed by atoms with E-state index in [1.54, 1.807) is 30.1 Å². The van der Waals surface area contributed by atoms with E-state index >= 15 is 0 Å². The number of rotatable bonds is 8. The van der Waals surface area contributed by atoms with Gasteiger partial charge in [-0.1, -0.05) is 30.0 Å². The summed E-state index contributed by atoms with van der Waals surface area (Å²) >= 11 is 2.97. The molecular formula is C23H18N6O2S2. The highest BCUT2D eigenvalue weighted by atomic mass is 32.2. The number of thiazole rings is 1. The highest BCUT2D eigenvalue weighted by Crippen LogP contribution is 2.30. The summed E-state index contributed by atoms with van der Waals surface area (Å²) in [6.45, 7) is 0.325. The summed E-state index contributed by atoms with van der Waals surface area (Å²) in [6.07, 6.45) is 5.05. The van der Waals surface area contributed by atoms with Crippen molar-refractivity contribution in [2.75, 3.05) is 0 Å². The molecule has 0 aliphatic rings. The molecule has 5 rings (SSSR count). The summed E-state index contributed by atoms with van der Waals surface area (Å²) in [5.41, 5.74) is 2.29. The van der Waals surface area contributed by atoms with Gasteiger partial charge < -0.3 is 9.73 Å². The molecule has 4 aromatic heterocycles. The molecule has 0 saturated carbocycles. The quantitative estimate of drug-likeness (QED) is 0.328. The number of carbonyl (C=O) groups is 1. The fraction of sp³-hybridized carbons (Fsp3) is 0.0870. The molecule has 5 aromatic rings. The number of thioether (sulfide) groups is 1. The van der Waals surface area contributed by atoms with Crippen LogP contribution in [0.25, 0.3) is 17.1 Å². The summed E-state index contributed by atoms with van der Waals surface area (Å²) < 4.78 is 7.26. The van der Waals surface area contributed by atoms with Crippen LogP contribution in [0, 0.1) is 0 Å². The summed E-state index contributed by atoms with van der Waals surface area (Å²) in [6, 6.07) is 17.4. The minimum Gasteiger partial charge on any atom is -0.467 e. The van der Waals surface area contributed by atoms with Crippen LogP contribution in [-0.2, 0) is 12.3 Å². The summed E-state index contributed by atoms with van der Waals surface area (Å²) in [7, 11) is 0. The predicted octanol–water partition coefficient (Wildman–Crippen LogP) is 4.60. The molecule has 4 heterocycles. The van der Waals surface area contributed by atoms with Crippen molar-refractivity contribution in [2.45, 2.75) is 17.5 Å². The standard InChI is InChI=1S/C23H18N6O2S2/c30-22(25-13-18-7-4-12-31-18)19-14-32-20(26-19)15-33-23-28-27-21(16-8-10-24-11-9-16)29(23)17-5-2-1-3-6-17/h1-12,14H,13,15H2,(H,25,30). The van der Waals surface area contributed by atoms with Crippen LogP contribution in [0.2, 0.25) is 0 Å². The van der Waals surface area contributed by atoms with E-state index in [9.17, 15) is 4.79 Å². The molecular weight excluding hydrogens is 456 g/mol. The van der Waals surface area contributed by atoms with Crippen molar-refractivity contribution >= 4 is 29.0 Å². The van der Waals surface area contributed by atoms with Crippen LogP contribution in [-0.4, -0.2) is 30.6 Å². The van der Waals surface area contributed by atoms with Crippen LogP contribution in [0.4, 0.5) is 0 Å². The summed E-state index contributed by atoms with van der Waals surface area (Å²) in [5.74, 6) is 1.77. The third-order valence-corrected chi connectivity index (χ3v) is 6.67. The van der Waals surface area contributed by atoms with Gasteiger partial charge in [0.2, 0.25) is 0 Å². The molecule has 0 atom stereocenters. The Hall–Kier alpha value is -3.76. The van der Waals surface area contributed by atoms with Gasteiger partial charge in [0.25, 0.3) is 5.91 Å². The Morgan fingerprint density at radius 2 is 1.91 bits per heavy atom. The summed E-state index contributed by atoms with van der Waals surface area (Å²) in [5, 5.41) is 15.0. The van der Waals surface area contributed by atoms with Crippen LogP contribution in [0.3, 0.4) is 0 Å². The van der Waals surface area contributed by atoms with Crippen molar-refractivity contribution in [2.24, 2.45) is 0 Å². The number of carbonyl (C=O) groups excluding carboxylic acids is 1. The van der Waals surface area contributed by atoms with Gasteiger partial charge in [0.05, 0.1) is 18.6 Å². The number of nitrogens with one attached hydrogen (secondary N) is 1. The van der Waals surface area contributed by atoms with Gasteiger partial charge in [-0.25, -0.2) is 4.98 Å². The molecule has 10 heteroatoms. The second-order valence-electron chi connectivity index (χ2n) is 6.89. The summed E-state index contributed by atoms with van der Waals surface area (Å²) in [4.78, 5) is 21.0. The van der Waals surface area contributed by atoms with E-state index in [1.807, 2.05) is 53.1 Å². The SMILES string of the molecule is O=C(NCc1ccco1)c1csc(CSc2nnc(-c3ccncc3)n2-c2ccccc2)n1. The molecule has 0 radical (unpaired) electrons. The van der Waals surface area contributed by atoms with Gasteiger partial charge in [-0.15, -0.1) is 21.5 Å². The number of benzene rings is 1. The molecule has 0 spiro atoms. The van der Waals surface area contributed by atoms with Crippen LogP contribution in [0.5, 0.6) is 0 Å². The zero-order valence-electron chi connectivity index (χ0n) is 17.3. The highest BCUT2D eigenvalue weighted by molar-refractivity contribution is 7.98. The topological polar surface area (TPSA) is 98.7 Å². The van der Waals surface area contributed by atoms with E-state index in [1.165, 1.54) is 23.1 Å². The lowest BCUT2D eigenvalue weighted by molar-refractivity contribution is 0.0943. The van der Waals surface area contributed by atoms with Crippen molar-refractivity contribution in [3.63, 3.8) is 0 Å². The first-order valence-corrected chi connectivity index (χ1v) is 11.9. The van der Waals surface area contributed by atoms with Gasteiger partial charge in [-0.3, -0.25) is 14.3 Å². The van der Waals surface area contributed by atoms with Crippen molar-refractivity contribution in [1.82, 2.24) is 30.0 Å². The largest absolute Gasteiger partial charge is 0.467 e. The van der Waals surface area contributed by atoms with Gasteiger partial charge in [-0.2, -0.15) is 0 Å². The molecule has 1 N–H and O–H groups in total. The molecule has 0 fully saturated rings. The van der Waals surface area contributed by atoms with Crippen molar-refractivity contribution in [3.8, 4) is 17.1 Å². The van der Waals surface area contributed by atoms with Crippen molar-refractivity contribution < 1.29 is 9.21 Å². The van der Waals surface area contributed by atoms with Gasteiger partial charge in [0.15, 0.2) is 11.0 Å². The second-order valence-corrected chi connectivity index (χ2v) is 8.78. The molecule has 0 aliphatic carbocycles. The number of furan rings is 1. The zero-order valence-corrected chi connectivity index (χ0v) is 18.9. The van der Waals surface area contributed by atoms with E-state index in [0.717, 1.165) is 27.2 Å². The third kappa shape index (κ3) is 4.86. The number of nitrogens with zero attached hydrogens (tertiary/aromatic N) is 5. The maximum absolute atomic E-state index is 12.4. The number of amides is 1. The Bertz CT molecular complexity index is 1330. The molecule has 0 bridgehead atoms. The highest BCUT2D eigenvalue weighted by Gasteiger charge is 2.17. The van der Waals surface area contributed by atoms with Crippen LogP contribution < -0.4 is 5.32 Å². The Labute approximate surface area is 197 Å². The maximum atomic E-state index is 12.4. The van der Waals surface area contributed by atoms with E-state index in [2.05, 4.69) is 25.5 Å².